The van der Waals surface area contributed by atoms with Crippen molar-refractivity contribution in [2.75, 3.05) is 13.7 Å². The van der Waals surface area contributed by atoms with Gasteiger partial charge in [0.1, 0.15) is 6.10 Å². The van der Waals surface area contributed by atoms with E-state index in [0.717, 1.165) is 0 Å². The molecule has 1 heterocycles. The zero-order chi connectivity index (χ0) is 12.2. The molecule has 0 unspecified atom stereocenters. The number of esters is 1. The summed E-state index contributed by atoms with van der Waals surface area (Å²) < 4.78 is 15.4. The summed E-state index contributed by atoms with van der Waals surface area (Å²) in [6.45, 7) is 5.77. The molecule has 1 fully saturated rings. The van der Waals surface area contributed by atoms with Gasteiger partial charge in [0.25, 0.3) is 0 Å². The van der Waals surface area contributed by atoms with Gasteiger partial charge in [-0.2, -0.15) is 0 Å². The lowest BCUT2D eigenvalue weighted by Crippen LogP contribution is -2.20. The van der Waals surface area contributed by atoms with Gasteiger partial charge in [0.05, 0.1) is 13.7 Å². The van der Waals surface area contributed by atoms with E-state index in [2.05, 4.69) is 16.6 Å². The van der Waals surface area contributed by atoms with E-state index in [4.69, 9.17) is 9.47 Å². The first-order valence-electron chi connectivity index (χ1n) is 5.02. The zero-order valence-electron chi connectivity index (χ0n) is 9.99. The van der Waals surface area contributed by atoms with Gasteiger partial charge < -0.3 is 14.2 Å². The first kappa shape index (κ1) is 12.8. The number of carbonyl (C=O) groups is 1. The molecular weight excluding hydrogens is 208 g/mol. The Bertz CT molecular complexity index is 357. The molecule has 0 amide bonds. The predicted molar refractivity (Wildman–Crippen MR) is 58.5 cm³/mol. The molecule has 1 aliphatic heterocycles. The second-order valence-electron chi connectivity index (χ2n) is 3.92. The van der Waals surface area contributed by atoms with Gasteiger partial charge in [-0.1, -0.05) is 11.8 Å². The minimum absolute atomic E-state index is 0.239. The third-order valence-electron chi connectivity index (χ3n) is 2.05. The largest absolute Gasteiger partial charge is 0.466 e. The summed E-state index contributed by atoms with van der Waals surface area (Å²) in [7, 11) is 1.34. The van der Waals surface area contributed by atoms with Gasteiger partial charge in [0, 0.05) is 5.57 Å². The van der Waals surface area contributed by atoms with Gasteiger partial charge in [-0.05, 0) is 26.8 Å². The monoisotopic (exact) mass is 224 g/mol. The minimum atomic E-state index is -0.569. The maximum Gasteiger partial charge on any atom is 0.334 e. The third-order valence-corrected chi connectivity index (χ3v) is 2.05. The molecule has 1 saturated heterocycles. The fourth-order valence-electron chi connectivity index (χ4n) is 1.22. The van der Waals surface area contributed by atoms with Crippen molar-refractivity contribution in [2.24, 2.45) is 0 Å². The molecule has 88 valence electrons. The Morgan fingerprint density at radius 1 is 1.56 bits per heavy atom. The van der Waals surface area contributed by atoms with Crippen LogP contribution < -0.4 is 0 Å². The Hall–Kier alpha value is -1.31. The number of ether oxygens (including phenoxy) is 3. The molecule has 4 heteroatoms. The molecule has 0 aromatic heterocycles. The molecule has 0 aromatic rings. The van der Waals surface area contributed by atoms with Crippen LogP contribution in [0.3, 0.4) is 0 Å². The third kappa shape index (κ3) is 3.69. The second-order valence-corrected chi connectivity index (χ2v) is 3.92. The van der Waals surface area contributed by atoms with Crippen LogP contribution in [-0.2, 0) is 19.0 Å². The van der Waals surface area contributed by atoms with Crippen molar-refractivity contribution in [3.8, 4) is 11.8 Å². The number of methoxy groups -OCH3 is 1. The van der Waals surface area contributed by atoms with Crippen LogP contribution in [0.1, 0.15) is 20.8 Å². The first-order valence-corrected chi connectivity index (χ1v) is 5.02. The van der Waals surface area contributed by atoms with Crippen LogP contribution in [0.4, 0.5) is 0 Å². The topological polar surface area (TPSA) is 44.8 Å². The normalized spacial score (nSPS) is 23.5. The summed E-state index contributed by atoms with van der Waals surface area (Å²) in [5.41, 5.74) is 0.466. The summed E-state index contributed by atoms with van der Waals surface area (Å²) in [4.78, 5) is 11.0. The molecule has 0 aromatic carbocycles. The van der Waals surface area contributed by atoms with E-state index in [1.54, 1.807) is 6.92 Å². The van der Waals surface area contributed by atoms with Gasteiger partial charge in [0.2, 0.25) is 0 Å². The van der Waals surface area contributed by atoms with Gasteiger partial charge in [0.15, 0.2) is 5.79 Å². The quantitative estimate of drug-likeness (QED) is 0.382. The summed E-state index contributed by atoms with van der Waals surface area (Å²) in [6.07, 6.45) is 1.28. The van der Waals surface area contributed by atoms with E-state index in [1.165, 1.54) is 13.2 Å². The first-order chi connectivity index (χ1) is 7.44. The van der Waals surface area contributed by atoms with Crippen LogP contribution in [0.25, 0.3) is 0 Å². The van der Waals surface area contributed by atoms with E-state index < -0.39 is 5.79 Å². The highest BCUT2D eigenvalue weighted by molar-refractivity contribution is 5.88. The van der Waals surface area contributed by atoms with Crippen LogP contribution in [0, 0.1) is 11.8 Å². The Morgan fingerprint density at radius 3 is 2.75 bits per heavy atom. The van der Waals surface area contributed by atoms with Crippen LogP contribution in [-0.4, -0.2) is 31.6 Å². The van der Waals surface area contributed by atoms with E-state index in [-0.39, 0.29) is 12.1 Å². The summed E-state index contributed by atoms with van der Waals surface area (Å²) in [6, 6.07) is 0. The van der Waals surface area contributed by atoms with E-state index in [1.807, 2.05) is 13.8 Å². The highest BCUT2D eigenvalue weighted by Gasteiger charge is 2.31. The lowest BCUT2D eigenvalue weighted by Gasteiger charge is -2.14. The average molecular weight is 224 g/mol. The molecule has 4 nitrogen and oxygen atoms in total. The molecule has 0 radical (unpaired) electrons. The Morgan fingerprint density at radius 2 is 2.25 bits per heavy atom. The smallest absolute Gasteiger partial charge is 0.334 e. The molecule has 16 heavy (non-hydrogen) atoms. The van der Waals surface area contributed by atoms with Crippen molar-refractivity contribution in [1.82, 2.24) is 0 Å². The molecule has 1 rings (SSSR count). The van der Waals surface area contributed by atoms with Crippen LogP contribution in [0.15, 0.2) is 11.6 Å². The van der Waals surface area contributed by atoms with Crippen molar-refractivity contribution in [3.05, 3.63) is 11.6 Å². The van der Waals surface area contributed by atoms with Gasteiger partial charge in [-0.25, -0.2) is 4.79 Å². The maximum absolute atomic E-state index is 11.0. The second kappa shape index (κ2) is 5.15. The minimum Gasteiger partial charge on any atom is -0.466 e. The number of hydrogen-bond acceptors (Lipinski definition) is 4. The molecular formula is C12H16O4. The van der Waals surface area contributed by atoms with Crippen molar-refractivity contribution < 1.29 is 19.0 Å². The van der Waals surface area contributed by atoms with Gasteiger partial charge in [-0.15, -0.1) is 0 Å². The van der Waals surface area contributed by atoms with Crippen molar-refractivity contribution >= 4 is 5.97 Å². The zero-order valence-corrected chi connectivity index (χ0v) is 9.99. The number of carbonyl (C=O) groups excluding carboxylic acids is 1. The molecule has 1 aliphatic rings. The highest BCUT2D eigenvalue weighted by atomic mass is 16.7. The van der Waals surface area contributed by atoms with Crippen LogP contribution in [0.2, 0.25) is 0 Å². The fraction of sp³-hybridized carbons (Fsp3) is 0.583. The van der Waals surface area contributed by atoms with E-state index >= 15 is 0 Å². The Balaban J connectivity index is 2.53. The van der Waals surface area contributed by atoms with Gasteiger partial charge >= 0.3 is 5.97 Å². The van der Waals surface area contributed by atoms with Gasteiger partial charge in [-0.3, -0.25) is 0 Å². The summed E-state index contributed by atoms with van der Waals surface area (Å²) in [5.74, 6) is 4.68. The van der Waals surface area contributed by atoms with Crippen molar-refractivity contribution in [2.45, 2.75) is 32.7 Å². The summed E-state index contributed by atoms with van der Waals surface area (Å²) in [5, 5.41) is 0. The molecule has 0 saturated carbocycles. The Kier molecular flexibility index (Phi) is 4.11. The standard InChI is InChI=1S/C12H16O4/c1-9(11(13)14-4)6-5-7-10-8-15-12(2,3)16-10/h6,10H,8H2,1-4H3/b9-6+/t10-/m0/s1. The lowest BCUT2D eigenvalue weighted by atomic mass is 10.3. The van der Waals surface area contributed by atoms with E-state index in [0.29, 0.717) is 12.2 Å². The Labute approximate surface area is 95.6 Å². The van der Waals surface area contributed by atoms with Crippen LogP contribution >= 0.6 is 0 Å². The SMILES string of the molecule is COC(=O)/C(C)=C/C#C[C@H]1COC(C)(C)O1. The number of hydrogen-bond donors (Lipinski definition) is 0. The molecule has 0 N–H and O–H groups in total. The predicted octanol–water partition coefficient (Wildman–Crippen LogP) is 1.26. The van der Waals surface area contributed by atoms with Crippen molar-refractivity contribution in [3.63, 3.8) is 0 Å². The molecule has 0 bridgehead atoms. The fourth-order valence-corrected chi connectivity index (χ4v) is 1.22. The maximum atomic E-state index is 11.0. The summed E-state index contributed by atoms with van der Waals surface area (Å²) >= 11 is 0. The van der Waals surface area contributed by atoms with Crippen LogP contribution in [0.5, 0.6) is 0 Å². The average Bonchev–Trinajstić information content (AvgIpc) is 2.57. The number of allylic oxidation sites excluding steroid dienone is 1. The lowest BCUT2D eigenvalue weighted by molar-refractivity contribution is -0.136. The molecule has 0 spiro atoms. The number of rotatable bonds is 1. The highest BCUT2D eigenvalue weighted by Crippen LogP contribution is 2.21. The van der Waals surface area contributed by atoms with Crippen molar-refractivity contribution in [1.29, 1.82) is 0 Å². The molecule has 1 atom stereocenters. The molecule has 0 aliphatic carbocycles. The van der Waals surface area contributed by atoms with E-state index in [9.17, 15) is 4.79 Å².